The molecule has 12 rings (SSSR count). The van der Waals surface area contributed by atoms with Gasteiger partial charge in [0, 0.05) is 58.4 Å². The Bertz CT molecular complexity index is 3530. The number of fused-ring (bicyclic) bond motifs is 9. The minimum Gasteiger partial charge on any atom is -0.454 e. The summed E-state index contributed by atoms with van der Waals surface area (Å²) < 4.78 is 11.7. The van der Waals surface area contributed by atoms with Gasteiger partial charge in [-0.2, -0.15) is 0 Å². The van der Waals surface area contributed by atoms with Crippen molar-refractivity contribution >= 4 is 75.3 Å². The first-order valence-electron chi connectivity index (χ1n) is 19.0. The van der Waals surface area contributed by atoms with Crippen molar-refractivity contribution in [1.82, 2.24) is 19.5 Å². The second-order valence-electron chi connectivity index (χ2n) is 14.3. The smallest absolute Gasteiger partial charge is 0.165 e. The molecule has 0 spiro atoms. The van der Waals surface area contributed by atoms with E-state index in [-0.39, 0.29) is 0 Å². The Morgan fingerprint density at radius 1 is 0.421 bits per heavy atom. The molecule has 0 aliphatic rings. The Labute approximate surface area is 330 Å². The molecule has 8 aromatic carbocycles. The lowest BCUT2D eigenvalue weighted by molar-refractivity contribution is 0.666. The SMILES string of the molecule is c1ccc(-c2ccc3c4ccccc4n(-c4cccc5c4oc4cccc(-c6nc(-c7ccccc7)nc(-c7cccc8c7sc7ccccc78)n6)c45)c3c2)cc1. The van der Waals surface area contributed by atoms with Crippen molar-refractivity contribution in [2.75, 3.05) is 0 Å². The van der Waals surface area contributed by atoms with Crippen LogP contribution in [0.4, 0.5) is 0 Å². The third-order valence-electron chi connectivity index (χ3n) is 11.1. The molecule has 5 nitrogen and oxygen atoms in total. The van der Waals surface area contributed by atoms with E-state index < -0.39 is 0 Å². The maximum Gasteiger partial charge on any atom is 0.165 e. The number of hydrogen-bond acceptors (Lipinski definition) is 5. The summed E-state index contributed by atoms with van der Waals surface area (Å²) in [7, 11) is 0. The van der Waals surface area contributed by atoms with Gasteiger partial charge >= 0.3 is 0 Å². The molecule has 0 radical (unpaired) electrons. The lowest BCUT2D eigenvalue weighted by Gasteiger charge is -2.10. The topological polar surface area (TPSA) is 56.7 Å². The zero-order valence-corrected chi connectivity index (χ0v) is 31.2. The van der Waals surface area contributed by atoms with Crippen LogP contribution in [0.25, 0.3) is 115 Å². The van der Waals surface area contributed by atoms with Crippen molar-refractivity contribution in [3.05, 3.63) is 182 Å². The average Bonchev–Trinajstić information content (AvgIpc) is 3.96. The summed E-state index contributed by atoms with van der Waals surface area (Å²) in [6.07, 6.45) is 0. The van der Waals surface area contributed by atoms with Crippen molar-refractivity contribution in [3.63, 3.8) is 0 Å². The molecule has 0 fully saturated rings. The minimum absolute atomic E-state index is 0.597. The van der Waals surface area contributed by atoms with Gasteiger partial charge in [0.15, 0.2) is 23.1 Å². The summed E-state index contributed by atoms with van der Waals surface area (Å²) >= 11 is 1.78. The van der Waals surface area contributed by atoms with Gasteiger partial charge in [-0.25, -0.2) is 15.0 Å². The molecular formula is C51H30N4OS. The number of hydrogen-bond donors (Lipinski definition) is 0. The van der Waals surface area contributed by atoms with Gasteiger partial charge in [-0.3, -0.25) is 0 Å². The molecule has 57 heavy (non-hydrogen) atoms. The highest BCUT2D eigenvalue weighted by molar-refractivity contribution is 7.26. The fourth-order valence-corrected chi connectivity index (χ4v) is 9.70. The van der Waals surface area contributed by atoms with Crippen molar-refractivity contribution in [2.24, 2.45) is 0 Å². The predicted molar refractivity (Wildman–Crippen MR) is 236 cm³/mol. The molecular weight excluding hydrogens is 717 g/mol. The van der Waals surface area contributed by atoms with E-state index in [4.69, 9.17) is 19.4 Å². The van der Waals surface area contributed by atoms with Gasteiger partial charge < -0.3 is 8.98 Å². The van der Waals surface area contributed by atoms with Crippen molar-refractivity contribution in [2.45, 2.75) is 0 Å². The van der Waals surface area contributed by atoms with E-state index in [1.165, 1.54) is 31.8 Å². The van der Waals surface area contributed by atoms with Crippen LogP contribution in [0.5, 0.6) is 0 Å². The molecule has 266 valence electrons. The maximum absolute atomic E-state index is 6.91. The molecule has 0 bridgehead atoms. The molecule has 4 aromatic heterocycles. The molecule has 0 atom stereocenters. The van der Waals surface area contributed by atoms with E-state index in [9.17, 15) is 0 Å². The van der Waals surface area contributed by atoms with Crippen molar-refractivity contribution in [1.29, 1.82) is 0 Å². The number of aromatic nitrogens is 4. The summed E-state index contributed by atoms with van der Waals surface area (Å²) in [6, 6.07) is 63.7. The van der Waals surface area contributed by atoms with Crippen LogP contribution < -0.4 is 0 Å². The Kier molecular flexibility index (Phi) is 7.03. The van der Waals surface area contributed by atoms with Gasteiger partial charge in [0.05, 0.1) is 16.7 Å². The van der Waals surface area contributed by atoms with E-state index in [2.05, 4.69) is 156 Å². The first kappa shape index (κ1) is 31.9. The van der Waals surface area contributed by atoms with Gasteiger partial charge in [-0.1, -0.05) is 146 Å². The lowest BCUT2D eigenvalue weighted by Crippen LogP contribution is -2.00. The van der Waals surface area contributed by atoms with Crippen molar-refractivity contribution < 1.29 is 4.42 Å². The second kappa shape index (κ2) is 12.6. The standard InChI is InChI=1S/C51H30N4OS/c1-3-14-31(15-4-1)33-28-29-35-34-18-7-9-24-41(34)55(43(35)30-33)42-25-12-21-38-46-39(22-13-26-44(46)56-47(38)42)50-52-49(32-16-5-2-6-17-32)53-51(54-50)40-23-11-20-37-36-19-8-10-27-45(36)57-48(37)40/h1-30H. The molecule has 0 aliphatic heterocycles. The first-order chi connectivity index (χ1) is 28.3. The highest BCUT2D eigenvalue weighted by Gasteiger charge is 2.22. The average molecular weight is 747 g/mol. The van der Waals surface area contributed by atoms with Gasteiger partial charge in [0.2, 0.25) is 0 Å². The van der Waals surface area contributed by atoms with Crippen LogP contribution in [-0.2, 0) is 0 Å². The molecule has 4 heterocycles. The Hall–Kier alpha value is -7.41. The van der Waals surface area contributed by atoms with Crippen LogP contribution in [0.2, 0.25) is 0 Å². The van der Waals surface area contributed by atoms with E-state index >= 15 is 0 Å². The summed E-state index contributed by atoms with van der Waals surface area (Å²) in [5, 5.41) is 6.80. The van der Waals surface area contributed by atoms with Gasteiger partial charge in [0.1, 0.15) is 5.58 Å². The van der Waals surface area contributed by atoms with Gasteiger partial charge in [-0.05, 0) is 47.5 Å². The summed E-state index contributed by atoms with van der Waals surface area (Å²) in [5.41, 5.74) is 9.95. The van der Waals surface area contributed by atoms with Crippen LogP contribution >= 0.6 is 11.3 Å². The number of thiophene rings is 1. The van der Waals surface area contributed by atoms with E-state index in [0.29, 0.717) is 17.5 Å². The Balaban J connectivity index is 1.10. The summed E-state index contributed by atoms with van der Waals surface area (Å²) in [4.78, 5) is 15.6. The van der Waals surface area contributed by atoms with Gasteiger partial charge in [0.25, 0.3) is 0 Å². The Morgan fingerprint density at radius 3 is 1.91 bits per heavy atom. The molecule has 0 unspecified atom stereocenters. The zero-order chi connectivity index (χ0) is 37.5. The number of para-hydroxylation sites is 2. The number of nitrogens with zero attached hydrogens (tertiary/aromatic N) is 4. The number of rotatable bonds is 5. The molecule has 0 saturated heterocycles. The molecule has 0 saturated carbocycles. The third kappa shape index (κ3) is 4.98. The molecule has 12 aromatic rings. The first-order valence-corrected chi connectivity index (χ1v) is 19.8. The van der Waals surface area contributed by atoms with Crippen molar-refractivity contribution in [3.8, 4) is 51.0 Å². The van der Waals surface area contributed by atoms with E-state index in [1.807, 2.05) is 30.3 Å². The molecule has 0 N–H and O–H groups in total. The van der Waals surface area contributed by atoms with Crippen LogP contribution in [0, 0.1) is 0 Å². The number of benzene rings is 8. The van der Waals surface area contributed by atoms with Gasteiger partial charge in [-0.15, -0.1) is 11.3 Å². The minimum atomic E-state index is 0.597. The number of furan rings is 1. The third-order valence-corrected chi connectivity index (χ3v) is 12.3. The molecule has 0 aliphatic carbocycles. The highest BCUT2D eigenvalue weighted by atomic mass is 32.1. The Morgan fingerprint density at radius 2 is 1.05 bits per heavy atom. The molecule has 6 heteroatoms. The van der Waals surface area contributed by atoms with Crippen LogP contribution in [0.3, 0.4) is 0 Å². The quantitative estimate of drug-likeness (QED) is 0.176. The normalized spacial score (nSPS) is 11.9. The second-order valence-corrected chi connectivity index (χ2v) is 15.4. The fourth-order valence-electron chi connectivity index (χ4n) is 8.49. The summed E-state index contributed by atoms with van der Waals surface area (Å²) in [5.74, 6) is 1.86. The lowest BCUT2D eigenvalue weighted by atomic mass is 10.0. The van der Waals surface area contributed by atoms with E-state index in [0.717, 1.165) is 65.6 Å². The van der Waals surface area contributed by atoms with E-state index in [1.54, 1.807) is 11.3 Å². The summed E-state index contributed by atoms with van der Waals surface area (Å²) in [6.45, 7) is 0. The van der Waals surface area contributed by atoms with Crippen LogP contribution in [-0.4, -0.2) is 19.5 Å². The zero-order valence-electron chi connectivity index (χ0n) is 30.4. The predicted octanol–water partition coefficient (Wildman–Crippen LogP) is 13.9. The highest BCUT2D eigenvalue weighted by Crippen LogP contribution is 2.43. The largest absolute Gasteiger partial charge is 0.454 e. The molecule has 0 amide bonds. The van der Waals surface area contributed by atoms with Crippen LogP contribution in [0.1, 0.15) is 0 Å². The maximum atomic E-state index is 6.91. The monoisotopic (exact) mass is 746 g/mol. The fraction of sp³-hybridized carbons (Fsp3) is 0. The van der Waals surface area contributed by atoms with Crippen LogP contribution in [0.15, 0.2) is 186 Å².